The minimum atomic E-state index is 0.365. The topological polar surface area (TPSA) is 16.2 Å². The summed E-state index contributed by atoms with van der Waals surface area (Å²) in [7, 11) is 0. The summed E-state index contributed by atoms with van der Waals surface area (Å²) in [6, 6.07) is 1.73. The Bertz CT molecular complexity index is 735. The number of hydrogen-bond acceptors (Lipinski definition) is 5. The van der Waals surface area contributed by atoms with Gasteiger partial charge in [-0.15, -0.1) is 0 Å². The average Bonchev–Trinajstić information content (AvgIpc) is 3.59. The Kier molecular flexibility index (Phi) is 16.0. The molecule has 0 spiro atoms. The van der Waals surface area contributed by atoms with Gasteiger partial charge in [0.2, 0.25) is 0 Å². The minimum Gasteiger partial charge on any atom is -0.298 e. The van der Waals surface area contributed by atoms with Crippen molar-refractivity contribution in [2.45, 2.75) is 170 Å². The number of piperazine rings is 2. The van der Waals surface area contributed by atoms with E-state index in [1.54, 1.807) is 0 Å². The van der Waals surface area contributed by atoms with E-state index >= 15 is 0 Å². The molecule has 1 aliphatic carbocycles. The molecule has 1 saturated carbocycles. The predicted octanol–water partition coefficient (Wildman–Crippen LogP) is 8.09. The fourth-order valence-electron chi connectivity index (χ4n) is 8.12. The largest absolute Gasteiger partial charge is 0.298 e. The fraction of sp³-hybridized carbons (Fsp3) is 1.00. The van der Waals surface area contributed by atoms with E-state index in [4.69, 9.17) is 0 Å². The van der Waals surface area contributed by atoms with Crippen molar-refractivity contribution in [3.05, 3.63) is 0 Å². The highest BCUT2D eigenvalue weighted by atomic mass is 15.3. The normalized spacial score (nSPS) is 30.6. The molecule has 5 heteroatoms. The Hall–Kier alpha value is -0.200. The third kappa shape index (κ3) is 12.2. The highest BCUT2D eigenvalue weighted by Crippen LogP contribution is 2.38. The van der Waals surface area contributed by atoms with Crippen molar-refractivity contribution < 1.29 is 0 Å². The first kappa shape index (κ1) is 39.0. The van der Waals surface area contributed by atoms with E-state index in [-0.39, 0.29) is 0 Å². The van der Waals surface area contributed by atoms with E-state index in [0.717, 1.165) is 23.9 Å². The van der Waals surface area contributed by atoms with E-state index < -0.39 is 0 Å². The van der Waals surface area contributed by atoms with Crippen LogP contribution in [0.3, 0.4) is 0 Å². The highest BCUT2D eigenvalue weighted by Gasteiger charge is 2.37. The first-order valence-corrected chi connectivity index (χ1v) is 18.9. The molecule has 5 aliphatic heterocycles. The zero-order valence-corrected chi connectivity index (χ0v) is 31.8. The lowest BCUT2D eigenvalue weighted by molar-refractivity contribution is 0.00573. The molecule has 0 amide bonds. The second kappa shape index (κ2) is 17.6. The second-order valence-electron chi connectivity index (χ2n) is 16.9. The Balaban J connectivity index is 0.000000213. The maximum Gasteiger partial charge on any atom is 0.0224 e. The van der Waals surface area contributed by atoms with Gasteiger partial charge in [-0.05, 0) is 132 Å². The summed E-state index contributed by atoms with van der Waals surface area (Å²) in [5, 5.41) is 0. The van der Waals surface area contributed by atoms with Crippen molar-refractivity contribution in [2.24, 2.45) is 11.8 Å². The molecule has 0 N–H and O–H groups in total. The molecule has 0 aromatic heterocycles. The number of fused-ring (bicyclic) bond motifs is 4. The first-order chi connectivity index (χ1) is 20.2. The Morgan fingerprint density at radius 3 is 1.21 bits per heavy atom. The molecule has 4 atom stereocenters. The van der Waals surface area contributed by atoms with Crippen LogP contribution in [0.4, 0.5) is 0 Å². The monoisotopic (exact) mass is 606 g/mol. The second-order valence-corrected chi connectivity index (χ2v) is 16.9. The Labute approximate surface area is 271 Å². The van der Waals surface area contributed by atoms with Crippen LogP contribution in [0.5, 0.6) is 0 Å². The first-order valence-electron chi connectivity index (χ1n) is 18.9. The molecule has 5 saturated heterocycles. The summed E-state index contributed by atoms with van der Waals surface area (Å²) in [6.07, 6.45) is 11.6. The van der Waals surface area contributed by atoms with Gasteiger partial charge in [0.25, 0.3) is 0 Å². The molecule has 256 valence electrons. The van der Waals surface area contributed by atoms with Crippen LogP contribution in [-0.4, -0.2) is 119 Å². The van der Waals surface area contributed by atoms with Crippen LogP contribution < -0.4 is 0 Å². The van der Waals surface area contributed by atoms with Gasteiger partial charge in [0.1, 0.15) is 0 Å². The standard InChI is InChI=1S/C12H24N2.C11H22N2.C11H21N.2C2H6/c1-12(2,3)14-9-8-13-7-5-4-6-11(13)10-14;1-11(2,3)13-8-7-12-6-4-5-10(12)9-13;1-11(2,3)12-7-9-4-5-10(6-9)8-12;2*1-2/h11H,4-10H2,1-3H3;10H,4-9H2,1-3H3;9-10H,4-8H2,1-3H3;2*1-2H3. The van der Waals surface area contributed by atoms with E-state index in [0.29, 0.717) is 16.6 Å². The number of rotatable bonds is 0. The van der Waals surface area contributed by atoms with Gasteiger partial charge >= 0.3 is 0 Å². The van der Waals surface area contributed by atoms with Gasteiger partial charge < -0.3 is 0 Å². The maximum absolute atomic E-state index is 2.70. The highest BCUT2D eigenvalue weighted by molar-refractivity contribution is 4.92. The molecule has 0 radical (unpaired) electrons. The van der Waals surface area contributed by atoms with Crippen molar-refractivity contribution in [3.8, 4) is 0 Å². The lowest BCUT2D eigenvalue weighted by atomic mass is 9.94. The molecule has 43 heavy (non-hydrogen) atoms. The zero-order valence-electron chi connectivity index (χ0n) is 31.8. The van der Waals surface area contributed by atoms with Gasteiger partial charge in [0, 0.05) is 81.1 Å². The maximum atomic E-state index is 2.70. The molecule has 6 rings (SSSR count). The summed E-state index contributed by atoms with van der Waals surface area (Å²) in [5.74, 6) is 2.06. The summed E-state index contributed by atoms with van der Waals surface area (Å²) in [6.45, 7) is 42.2. The van der Waals surface area contributed by atoms with Crippen LogP contribution in [0.1, 0.15) is 141 Å². The molecular formula is C38H79N5. The molecular weight excluding hydrogens is 526 g/mol. The van der Waals surface area contributed by atoms with Crippen LogP contribution in [0.15, 0.2) is 0 Å². The third-order valence-corrected chi connectivity index (χ3v) is 10.9. The number of piperidine rings is 2. The molecule has 5 nitrogen and oxygen atoms in total. The van der Waals surface area contributed by atoms with E-state index in [1.165, 1.54) is 117 Å². The average molecular weight is 606 g/mol. The van der Waals surface area contributed by atoms with Crippen molar-refractivity contribution in [1.29, 1.82) is 0 Å². The van der Waals surface area contributed by atoms with Crippen molar-refractivity contribution in [1.82, 2.24) is 24.5 Å². The quantitative estimate of drug-likeness (QED) is 0.277. The van der Waals surface area contributed by atoms with E-state index in [1.807, 2.05) is 27.7 Å². The summed E-state index contributed by atoms with van der Waals surface area (Å²) in [5.41, 5.74) is 1.14. The van der Waals surface area contributed by atoms with E-state index in [2.05, 4.69) is 86.8 Å². The Morgan fingerprint density at radius 2 is 0.791 bits per heavy atom. The van der Waals surface area contributed by atoms with Crippen molar-refractivity contribution in [2.75, 3.05) is 65.4 Å². The lowest BCUT2D eigenvalue weighted by Crippen LogP contribution is -2.59. The number of likely N-dealkylation sites (tertiary alicyclic amines) is 1. The van der Waals surface area contributed by atoms with Crippen molar-refractivity contribution >= 4 is 0 Å². The summed E-state index contributed by atoms with van der Waals surface area (Å²) < 4.78 is 0. The molecule has 0 aromatic carbocycles. The molecule has 4 unspecified atom stereocenters. The van der Waals surface area contributed by atoms with Crippen LogP contribution in [0, 0.1) is 11.8 Å². The van der Waals surface area contributed by atoms with Crippen LogP contribution in [-0.2, 0) is 0 Å². The van der Waals surface area contributed by atoms with Gasteiger partial charge in [-0.25, -0.2) is 0 Å². The van der Waals surface area contributed by atoms with Gasteiger partial charge in [0.15, 0.2) is 0 Å². The van der Waals surface area contributed by atoms with Crippen molar-refractivity contribution in [3.63, 3.8) is 0 Å². The zero-order chi connectivity index (χ0) is 32.4. The number of hydrogen-bond donors (Lipinski definition) is 0. The molecule has 6 aliphatic rings. The van der Waals surface area contributed by atoms with Gasteiger partial charge in [-0.2, -0.15) is 0 Å². The predicted molar refractivity (Wildman–Crippen MR) is 191 cm³/mol. The smallest absolute Gasteiger partial charge is 0.0224 e. The summed E-state index contributed by atoms with van der Waals surface area (Å²) >= 11 is 0. The SMILES string of the molecule is CC.CC.CC(C)(C)N1CC2CCC(C2)C1.CC(C)(C)N1CCN2CCCC2C1.CC(C)(C)N1CCN2CCCCC2C1. The summed E-state index contributed by atoms with van der Waals surface area (Å²) in [4.78, 5) is 13.3. The van der Waals surface area contributed by atoms with Gasteiger partial charge in [-0.1, -0.05) is 34.1 Å². The van der Waals surface area contributed by atoms with Crippen LogP contribution in [0.25, 0.3) is 0 Å². The van der Waals surface area contributed by atoms with Gasteiger partial charge in [-0.3, -0.25) is 24.5 Å². The third-order valence-electron chi connectivity index (χ3n) is 10.9. The van der Waals surface area contributed by atoms with Crippen LogP contribution >= 0.6 is 0 Å². The molecule has 0 aromatic rings. The molecule has 5 heterocycles. The van der Waals surface area contributed by atoms with E-state index in [9.17, 15) is 0 Å². The molecule has 2 bridgehead atoms. The fourth-order valence-corrected chi connectivity index (χ4v) is 8.12. The Morgan fingerprint density at radius 1 is 0.395 bits per heavy atom. The van der Waals surface area contributed by atoms with Crippen LogP contribution in [0.2, 0.25) is 0 Å². The lowest BCUT2D eigenvalue weighted by Gasteiger charge is -2.48. The number of nitrogens with zero attached hydrogens (tertiary/aromatic N) is 5. The molecule has 6 fully saturated rings. The minimum absolute atomic E-state index is 0.365. The van der Waals surface area contributed by atoms with Gasteiger partial charge in [0.05, 0.1) is 0 Å².